The molecule has 44 heavy (non-hydrogen) atoms. The maximum atomic E-state index is 17.1. The summed E-state index contributed by atoms with van der Waals surface area (Å²) in [6.07, 6.45) is 5.67. The number of aromatic nitrogens is 3. The molecule has 4 aromatic rings. The predicted octanol–water partition coefficient (Wildman–Crippen LogP) is 6.86. The van der Waals surface area contributed by atoms with Crippen LogP contribution >= 0.6 is 11.6 Å². The average Bonchev–Trinajstić information content (AvgIpc) is 3.63. The number of ether oxygens (including phenoxy) is 1. The van der Waals surface area contributed by atoms with Crippen LogP contribution in [0.15, 0.2) is 18.2 Å². The van der Waals surface area contributed by atoms with Crippen LogP contribution in [0.3, 0.4) is 0 Å². The number of halogens is 2. The summed E-state index contributed by atoms with van der Waals surface area (Å²) in [4.78, 5) is 11.8. The highest BCUT2D eigenvalue weighted by Gasteiger charge is 2.36. The predicted molar refractivity (Wildman–Crippen MR) is 171 cm³/mol. The number of benzene rings is 2. The Bertz CT molecular complexity index is 1820. The van der Waals surface area contributed by atoms with Gasteiger partial charge in [-0.15, -0.1) is 0 Å². The molecule has 2 aliphatic heterocycles. The zero-order chi connectivity index (χ0) is 30.9. The van der Waals surface area contributed by atoms with Gasteiger partial charge in [0.1, 0.15) is 28.7 Å². The molecule has 3 unspecified atom stereocenters. The van der Waals surface area contributed by atoms with Gasteiger partial charge in [0.25, 0.3) is 0 Å². The van der Waals surface area contributed by atoms with Crippen molar-refractivity contribution in [3.05, 3.63) is 40.3 Å². The van der Waals surface area contributed by atoms with Gasteiger partial charge >= 0.3 is 6.01 Å². The molecule has 2 saturated heterocycles. The Balaban J connectivity index is 1.42. The van der Waals surface area contributed by atoms with Gasteiger partial charge in [0.2, 0.25) is 0 Å². The minimum atomic E-state index is -0.595. The fourth-order valence-corrected chi connectivity index (χ4v) is 8.36. The van der Waals surface area contributed by atoms with Crippen molar-refractivity contribution < 1.29 is 14.2 Å². The second-order valence-corrected chi connectivity index (χ2v) is 13.4. The van der Waals surface area contributed by atoms with Crippen LogP contribution in [0.4, 0.5) is 10.2 Å². The van der Waals surface area contributed by atoms with E-state index in [1.54, 1.807) is 12.1 Å². The molecule has 0 radical (unpaired) electrons. The van der Waals surface area contributed by atoms with Crippen LogP contribution in [-0.4, -0.2) is 51.4 Å². The normalized spacial score (nSPS) is 24.8. The van der Waals surface area contributed by atoms with E-state index < -0.39 is 5.82 Å². The van der Waals surface area contributed by atoms with Crippen LogP contribution in [-0.2, 0) is 7.05 Å². The molecule has 2 bridgehead atoms. The Labute approximate surface area is 261 Å². The van der Waals surface area contributed by atoms with Crippen LogP contribution in [0.5, 0.6) is 11.8 Å². The fraction of sp³-hybridized carbons (Fsp3) is 0.500. The van der Waals surface area contributed by atoms with Gasteiger partial charge in [-0.2, -0.15) is 15.2 Å². The third-order valence-electron chi connectivity index (χ3n) is 10.6. The molecule has 3 aliphatic rings. The number of piperazine rings is 1. The summed E-state index contributed by atoms with van der Waals surface area (Å²) >= 11 is 6.96. The van der Waals surface area contributed by atoms with Gasteiger partial charge in [0, 0.05) is 59.8 Å². The van der Waals surface area contributed by atoms with E-state index in [0.717, 1.165) is 32.4 Å². The second-order valence-electron chi connectivity index (χ2n) is 13.0. The lowest BCUT2D eigenvalue weighted by molar-refractivity contribution is 0.172. The molecule has 7 rings (SSSR count). The van der Waals surface area contributed by atoms with Crippen molar-refractivity contribution in [2.45, 2.75) is 65.0 Å². The van der Waals surface area contributed by atoms with Gasteiger partial charge in [0.05, 0.1) is 17.1 Å². The van der Waals surface area contributed by atoms with Gasteiger partial charge in [-0.3, -0.25) is 0 Å². The van der Waals surface area contributed by atoms with E-state index in [2.05, 4.69) is 30.1 Å². The summed E-state index contributed by atoms with van der Waals surface area (Å²) in [5.41, 5.74) is 2.24. The molecule has 5 atom stereocenters. The minimum absolute atomic E-state index is 0.0802. The first-order valence-electron chi connectivity index (χ1n) is 15.7. The molecule has 1 saturated carbocycles. The number of rotatable bonds is 6. The molecule has 2 aromatic heterocycles. The van der Waals surface area contributed by atoms with Crippen molar-refractivity contribution in [1.82, 2.24) is 19.9 Å². The Hall–Kier alpha value is -3.61. The first kappa shape index (κ1) is 29.1. The van der Waals surface area contributed by atoms with Crippen molar-refractivity contribution in [3.8, 4) is 29.0 Å². The SMILES string of the molecule is CCC1CC[C@@H](C)[C@H]1COc1nc(N2CC3CCC(C2)N3)c2cc(Cl)c(-c3c(C)n(C)c4ccc(O)c(C#N)c34)c(F)c2n1. The molecular weight excluding hydrogens is 579 g/mol. The second kappa shape index (κ2) is 11.1. The Kier molecular flexibility index (Phi) is 7.33. The van der Waals surface area contributed by atoms with Gasteiger partial charge in [-0.25, -0.2) is 4.39 Å². The first-order valence-corrected chi connectivity index (χ1v) is 16.1. The van der Waals surface area contributed by atoms with Gasteiger partial charge in [0.15, 0.2) is 5.82 Å². The number of fused-ring (bicyclic) bond motifs is 4. The van der Waals surface area contributed by atoms with E-state index >= 15 is 4.39 Å². The minimum Gasteiger partial charge on any atom is -0.507 e. The van der Waals surface area contributed by atoms with Gasteiger partial charge in [-0.1, -0.05) is 38.3 Å². The molecule has 0 amide bonds. The molecule has 2 aromatic carbocycles. The number of hydrogen-bond acceptors (Lipinski definition) is 7. The number of anilines is 1. The first-order chi connectivity index (χ1) is 21.2. The number of nitrogens with zero attached hydrogens (tertiary/aromatic N) is 5. The average molecular weight is 617 g/mol. The number of nitriles is 1. The van der Waals surface area contributed by atoms with E-state index in [-0.39, 0.29) is 33.4 Å². The largest absolute Gasteiger partial charge is 0.507 e. The topological polar surface area (TPSA) is 99.2 Å². The standard InChI is InChI=1S/C34H38ClFN6O2/c1-5-19-7-6-17(2)24(19)16-44-34-39-32-22(33(40-34)42-14-20-8-9-21(15-42)38-20)12-25(35)30(31(32)36)28-18(3)41(4)26-10-11-27(43)23(13-37)29(26)28/h10-12,17,19-21,24,38,43H,5-9,14-16H2,1-4H3/t17-,19?,20?,21?,24-/m1/s1. The summed E-state index contributed by atoms with van der Waals surface area (Å²) in [7, 11) is 1.85. The summed E-state index contributed by atoms with van der Waals surface area (Å²) in [6.45, 7) is 8.37. The van der Waals surface area contributed by atoms with Crippen molar-refractivity contribution in [1.29, 1.82) is 5.26 Å². The summed E-state index contributed by atoms with van der Waals surface area (Å²) in [6, 6.07) is 7.94. The maximum Gasteiger partial charge on any atom is 0.319 e. The van der Waals surface area contributed by atoms with Crippen LogP contribution < -0.4 is 15.0 Å². The number of aromatic hydroxyl groups is 1. The van der Waals surface area contributed by atoms with E-state index in [4.69, 9.17) is 26.3 Å². The lowest BCUT2D eigenvalue weighted by Crippen LogP contribution is -2.51. The van der Waals surface area contributed by atoms with E-state index in [9.17, 15) is 10.4 Å². The molecule has 1 aliphatic carbocycles. The van der Waals surface area contributed by atoms with E-state index in [1.165, 1.54) is 18.9 Å². The molecular formula is C34H38ClFN6O2. The summed E-state index contributed by atoms with van der Waals surface area (Å²) in [5, 5.41) is 25.4. The number of aryl methyl sites for hydroxylation is 1. The zero-order valence-corrected chi connectivity index (χ0v) is 26.4. The van der Waals surface area contributed by atoms with Crippen LogP contribution in [0.25, 0.3) is 32.9 Å². The maximum absolute atomic E-state index is 17.1. The Morgan fingerprint density at radius 1 is 1.16 bits per heavy atom. The molecule has 0 spiro atoms. The lowest BCUT2D eigenvalue weighted by atomic mass is 9.89. The Morgan fingerprint density at radius 3 is 2.61 bits per heavy atom. The van der Waals surface area contributed by atoms with Crippen LogP contribution in [0.1, 0.15) is 57.2 Å². The third kappa shape index (κ3) is 4.57. The van der Waals surface area contributed by atoms with E-state index in [0.29, 0.717) is 69.8 Å². The number of phenolic OH excluding ortho intramolecular Hbond substituents is 1. The number of hydrogen-bond donors (Lipinski definition) is 2. The zero-order valence-electron chi connectivity index (χ0n) is 25.6. The number of phenols is 1. The van der Waals surface area contributed by atoms with E-state index in [1.807, 2.05) is 18.5 Å². The highest BCUT2D eigenvalue weighted by Crippen LogP contribution is 2.46. The van der Waals surface area contributed by atoms with Gasteiger partial charge < -0.3 is 24.6 Å². The number of nitrogens with one attached hydrogen (secondary N) is 1. The van der Waals surface area contributed by atoms with Crippen molar-refractivity contribution in [2.24, 2.45) is 24.8 Å². The quantitative estimate of drug-likeness (QED) is 0.244. The molecule has 8 nitrogen and oxygen atoms in total. The highest BCUT2D eigenvalue weighted by atomic mass is 35.5. The molecule has 4 heterocycles. The van der Waals surface area contributed by atoms with Crippen LogP contribution in [0.2, 0.25) is 5.02 Å². The smallest absolute Gasteiger partial charge is 0.319 e. The van der Waals surface area contributed by atoms with Crippen molar-refractivity contribution in [3.63, 3.8) is 0 Å². The highest BCUT2D eigenvalue weighted by molar-refractivity contribution is 6.35. The monoisotopic (exact) mass is 616 g/mol. The Morgan fingerprint density at radius 2 is 1.91 bits per heavy atom. The molecule has 10 heteroatoms. The molecule has 230 valence electrons. The molecule has 3 fully saturated rings. The van der Waals surface area contributed by atoms with Crippen molar-refractivity contribution in [2.75, 3.05) is 24.6 Å². The van der Waals surface area contributed by atoms with Crippen molar-refractivity contribution >= 4 is 39.2 Å². The summed E-state index contributed by atoms with van der Waals surface area (Å²) in [5.74, 6) is 1.42. The summed E-state index contributed by atoms with van der Waals surface area (Å²) < 4.78 is 25.3. The lowest BCUT2D eigenvalue weighted by Gasteiger charge is -2.34. The third-order valence-corrected chi connectivity index (χ3v) is 10.9. The molecule has 2 N–H and O–H groups in total. The fourth-order valence-electron chi connectivity index (χ4n) is 8.07. The van der Waals surface area contributed by atoms with Gasteiger partial charge in [-0.05, 0) is 62.1 Å². The van der Waals surface area contributed by atoms with Crippen LogP contribution in [0, 0.1) is 41.8 Å².